The van der Waals surface area contributed by atoms with Crippen molar-refractivity contribution in [2.75, 3.05) is 11.9 Å². The number of hydrogen-bond acceptors (Lipinski definition) is 3. The number of carbonyl (C=O) groups excluding carboxylic acids is 1. The number of nitrogens with one attached hydrogen (secondary N) is 2. The third-order valence-electron chi connectivity index (χ3n) is 2.34. The topological polar surface area (TPSA) is 98.7 Å². The molecule has 1 rings (SSSR count). The number of amides is 2. The first-order valence-corrected chi connectivity index (χ1v) is 6.01. The molecule has 0 saturated heterocycles. The number of aliphatic carboxylic acids is 1. The molecule has 8 heteroatoms. The van der Waals surface area contributed by atoms with Crippen molar-refractivity contribution in [3.05, 3.63) is 29.0 Å². The van der Waals surface area contributed by atoms with Crippen molar-refractivity contribution in [1.29, 1.82) is 0 Å². The van der Waals surface area contributed by atoms with Gasteiger partial charge in [0.05, 0.1) is 22.7 Å². The van der Waals surface area contributed by atoms with Crippen molar-refractivity contribution in [3.63, 3.8) is 0 Å². The van der Waals surface area contributed by atoms with E-state index < -0.39 is 29.8 Å². The average Bonchev–Trinajstić information content (AvgIpc) is 2.30. The fourth-order valence-corrected chi connectivity index (χ4v) is 1.58. The molecular weight excluding hydrogens is 291 g/mol. The zero-order chi connectivity index (χ0) is 15.3. The van der Waals surface area contributed by atoms with E-state index in [9.17, 15) is 19.1 Å². The first kappa shape index (κ1) is 16.2. The van der Waals surface area contributed by atoms with E-state index in [1.54, 1.807) is 0 Å². The molecule has 1 atom stereocenters. The van der Waals surface area contributed by atoms with Crippen molar-refractivity contribution < 1.29 is 24.2 Å². The molecule has 20 heavy (non-hydrogen) atoms. The number of benzene rings is 1. The highest BCUT2D eigenvalue weighted by Gasteiger charge is 2.24. The molecule has 0 heterocycles. The van der Waals surface area contributed by atoms with Crippen LogP contribution in [0.1, 0.15) is 13.3 Å². The molecule has 6 nitrogen and oxygen atoms in total. The zero-order valence-corrected chi connectivity index (χ0v) is 11.4. The summed E-state index contributed by atoms with van der Waals surface area (Å²) in [7, 11) is 0. The van der Waals surface area contributed by atoms with Crippen LogP contribution in [0.5, 0.6) is 0 Å². The minimum atomic E-state index is -1.59. The van der Waals surface area contributed by atoms with Gasteiger partial charge in [-0.3, -0.25) is 4.79 Å². The van der Waals surface area contributed by atoms with Gasteiger partial charge in [0, 0.05) is 6.54 Å². The van der Waals surface area contributed by atoms with Gasteiger partial charge in [-0.2, -0.15) is 0 Å². The van der Waals surface area contributed by atoms with E-state index in [1.165, 1.54) is 13.0 Å². The fourth-order valence-electron chi connectivity index (χ4n) is 1.42. The van der Waals surface area contributed by atoms with Crippen molar-refractivity contribution in [2.24, 2.45) is 0 Å². The Morgan fingerprint density at radius 2 is 2.10 bits per heavy atom. The molecule has 110 valence electrons. The average molecular weight is 305 g/mol. The molecule has 0 spiro atoms. The van der Waals surface area contributed by atoms with Crippen molar-refractivity contribution >= 4 is 29.3 Å². The molecule has 0 aromatic heterocycles. The lowest BCUT2D eigenvalue weighted by molar-refractivity contribution is -0.141. The summed E-state index contributed by atoms with van der Waals surface area (Å²) in [6.45, 7) is 0.995. The van der Waals surface area contributed by atoms with E-state index in [2.05, 4.69) is 10.6 Å². The third-order valence-corrected chi connectivity index (χ3v) is 2.67. The van der Waals surface area contributed by atoms with E-state index in [0.717, 1.165) is 12.1 Å². The highest BCUT2D eigenvalue weighted by atomic mass is 35.5. The molecule has 0 radical (unpaired) electrons. The number of hydrogen-bond donors (Lipinski definition) is 4. The van der Waals surface area contributed by atoms with E-state index in [4.69, 9.17) is 16.7 Å². The normalized spacial score (nSPS) is 13.4. The van der Waals surface area contributed by atoms with Crippen LogP contribution in [0.3, 0.4) is 0 Å². The zero-order valence-electron chi connectivity index (χ0n) is 10.6. The molecule has 0 aliphatic rings. The van der Waals surface area contributed by atoms with Crippen LogP contribution in [0, 0.1) is 5.82 Å². The molecule has 0 aliphatic heterocycles. The summed E-state index contributed by atoms with van der Waals surface area (Å²) in [6.07, 6.45) is -0.520. The predicted octanol–water partition coefficient (Wildman–Crippen LogP) is 1.83. The molecule has 1 unspecified atom stereocenters. The van der Waals surface area contributed by atoms with Gasteiger partial charge in [0.2, 0.25) is 0 Å². The number of carboxylic acid groups (broad SMARTS) is 1. The molecule has 0 aliphatic carbocycles. The SMILES string of the molecule is CC(O)(CNC(=O)Nc1cc(F)ccc1Cl)CC(=O)O. The smallest absolute Gasteiger partial charge is 0.319 e. The lowest BCUT2D eigenvalue weighted by atomic mass is 10.0. The fraction of sp³-hybridized carbons (Fsp3) is 0.333. The Morgan fingerprint density at radius 3 is 2.70 bits per heavy atom. The Hall–Kier alpha value is -1.86. The lowest BCUT2D eigenvalue weighted by Crippen LogP contribution is -2.43. The van der Waals surface area contributed by atoms with Crippen LogP contribution in [-0.4, -0.2) is 34.4 Å². The summed E-state index contributed by atoms with van der Waals surface area (Å²) in [5, 5.41) is 23.0. The molecule has 1 aromatic rings. The van der Waals surface area contributed by atoms with Crippen molar-refractivity contribution in [1.82, 2.24) is 5.32 Å². The highest BCUT2D eigenvalue weighted by molar-refractivity contribution is 6.33. The van der Waals surface area contributed by atoms with Gasteiger partial charge in [0.1, 0.15) is 5.82 Å². The number of urea groups is 1. The Balaban J connectivity index is 2.56. The van der Waals surface area contributed by atoms with Gasteiger partial charge in [0.25, 0.3) is 0 Å². The number of halogens is 2. The van der Waals surface area contributed by atoms with E-state index >= 15 is 0 Å². The van der Waals surface area contributed by atoms with Crippen molar-refractivity contribution in [3.8, 4) is 0 Å². The first-order chi connectivity index (χ1) is 9.19. The van der Waals surface area contributed by atoms with Crippen LogP contribution in [0.2, 0.25) is 5.02 Å². The minimum Gasteiger partial charge on any atom is -0.481 e. The van der Waals surface area contributed by atoms with Crippen molar-refractivity contribution in [2.45, 2.75) is 18.9 Å². The first-order valence-electron chi connectivity index (χ1n) is 5.64. The Labute approximate surface area is 119 Å². The van der Waals surface area contributed by atoms with E-state index in [-0.39, 0.29) is 17.3 Å². The lowest BCUT2D eigenvalue weighted by Gasteiger charge is -2.21. The molecule has 0 saturated carbocycles. The second-order valence-electron chi connectivity index (χ2n) is 4.50. The largest absolute Gasteiger partial charge is 0.481 e. The molecule has 0 fully saturated rings. The second-order valence-corrected chi connectivity index (χ2v) is 4.91. The number of carbonyl (C=O) groups is 2. The summed E-state index contributed by atoms with van der Waals surface area (Å²) in [5.41, 5.74) is -1.52. The Bertz CT molecular complexity index is 522. The summed E-state index contributed by atoms with van der Waals surface area (Å²) < 4.78 is 13.0. The van der Waals surface area contributed by atoms with E-state index in [0.29, 0.717) is 0 Å². The third kappa shape index (κ3) is 5.41. The van der Waals surface area contributed by atoms with Gasteiger partial charge in [-0.15, -0.1) is 0 Å². The highest BCUT2D eigenvalue weighted by Crippen LogP contribution is 2.22. The summed E-state index contributed by atoms with van der Waals surface area (Å²) in [4.78, 5) is 22.0. The summed E-state index contributed by atoms with van der Waals surface area (Å²) >= 11 is 5.76. The number of anilines is 1. The number of aliphatic hydroxyl groups is 1. The number of carboxylic acids is 1. The predicted molar refractivity (Wildman–Crippen MR) is 71.3 cm³/mol. The summed E-state index contributed by atoms with van der Waals surface area (Å²) in [6, 6.07) is 2.73. The van der Waals surface area contributed by atoms with Gasteiger partial charge in [-0.1, -0.05) is 11.6 Å². The number of rotatable bonds is 5. The van der Waals surface area contributed by atoms with Crippen LogP contribution in [0.4, 0.5) is 14.9 Å². The maximum Gasteiger partial charge on any atom is 0.319 e. The van der Waals surface area contributed by atoms with E-state index in [1.807, 2.05) is 0 Å². The van der Waals surface area contributed by atoms with Gasteiger partial charge >= 0.3 is 12.0 Å². The van der Waals surface area contributed by atoms with Crippen LogP contribution in [-0.2, 0) is 4.79 Å². The monoisotopic (exact) mass is 304 g/mol. The maximum absolute atomic E-state index is 13.0. The van der Waals surface area contributed by atoms with Gasteiger partial charge in [-0.25, -0.2) is 9.18 Å². The second kappa shape index (κ2) is 6.53. The van der Waals surface area contributed by atoms with Crippen LogP contribution in [0.25, 0.3) is 0 Å². The van der Waals surface area contributed by atoms with Gasteiger partial charge < -0.3 is 20.8 Å². The maximum atomic E-state index is 13.0. The quantitative estimate of drug-likeness (QED) is 0.667. The molecule has 4 N–H and O–H groups in total. The molecule has 2 amide bonds. The standard InChI is InChI=1S/C12H14ClFN2O4/c1-12(20,5-10(17)18)6-15-11(19)16-9-4-7(14)2-3-8(9)13/h2-4,20H,5-6H2,1H3,(H,17,18)(H2,15,16,19). The molecule has 0 bridgehead atoms. The molecule has 1 aromatic carbocycles. The Kier molecular flexibility index (Phi) is 5.29. The summed E-state index contributed by atoms with van der Waals surface area (Å²) in [5.74, 6) is -1.76. The van der Waals surface area contributed by atoms with Crippen LogP contribution >= 0.6 is 11.6 Å². The Morgan fingerprint density at radius 1 is 1.45 bits per heavy atom. The van der Waals surface area contributed by atoms with Gasteiger partial charge in [0.15, 0.2) is 0 Å². The van der Waals surface area contributed by atoms with Crippen LogP contribution in [0.15, 0.2) is 18.2 Å². The minimum absolute atomic E-state index is 0.0713. The van der Waals surface area contributed by atoms with Gasteiger partial charge in [-0.05, 0) is 25.1 Å². The molecular formula is C12H14ClFN2O4. The van der Waals surface area contributed by atoms with Crippen LogP contribution < -0.4 is 10.6 Å².